The first-order chi connectivity index (χ1) is 31.7. The molecule has 0 aliphatic carbocycles. The number of aliphatic hydroxyl groups excluding tert-OH is 1. The van der Waals surface area contributed by atoms with E-state index < -0.39 is 66.2 Å². The summed E-state index contributed by atoms with van der Waals surface area (Å²) in [5.74, 6) is -0.264. The number of hydrogen-bond donors (Lipinski definition) is 4. The minimum absolute atomic E-state index is 0.117. The van der Waals surface area contributed by atoms with Gasteiger partial charge in [0, 0.05) is 12.8 Å². The van der Waals surface area contributed by atoms with Crippen molar-refractivity contribution in [3.63, 3.8) is 0 Å². The van der Waals surface area contributed by atoms with Crippen LogP contribution in [0.4, 0.5) is 0 Å². The average Bonchev–Trinajstić information content (AvgIpc) is 4.02. The Morgan fingerprint density at radius 3 is 1.64 bits per heavy atom. The SMILES string of the molecule is CCCCCC1OC1C/C=C\C/C=C\C/C=C\CCCC(=O)OC[C@H](COP(=O)(O)OC[C@@H](O)COP(=O)(O)O)OC(=O)CCCCCCCCCCCCCCCCCCCCC(C)C. The van der Waals surface area contributed by atoms with Crippen LogP contribution in [0.15, 0.2) is 36.5 Å². The van der Waals surface area contributed by atoms with E-state index in [1.807, 2.05) is 12.2 Å². The third kappa shape index (κ3) is 42.4. The highest BCUT2D eigenvalue weighted by Gasteiger charge is 2.36. The van der Waals surface area contributed by atoms with Crippen molar-refractivity contribution in [3.05, 3.63) is 36.5 Å². The molecular weight excluding hydrogens is 886 g/mol. The number of phosphoric ester groups is 2. The summed E-state index contributed by atoms with van der Waals surface area (Å²) in [6.45, 7) is 4.05. The van der Waals surface area contributed by atoms with E-state index in [1.54, 1.807) is 0 Å². The van der Waals surface area contributed by atoms with Gasteiger partial charge in [-0.3, -0.25) is 23.2 Å². The number of carbonyl (C=O) groups is 2. The van der Waals surface area contributed by atoms with Crippen molar-refractivity contribution < 1.29 is 66.3 Å². The lowest BCUT2D eigenvalue weighted by molar-refractivity contribution is -0.161. The lowest BCUT2D eigenvalue weighted by Crippen LogP contribution is -2.30. The molecule has 0 aromatic rings. The van der Waals surface area contributed by atoms with Crippen molar-refractivity contribution in [2.45, 2.75) is 238 Å². The number of hydrogen-bond acceptors (Lipinski definition) is 11. The Labute approximate surface area is 399 Å². The monoisotopic (exact) mass is 979 g/mol. The smallest absolute Gasteiger partial charge is 0.462 e. The molecule has 1 aliphatic heterocycles. The molecular formula is C50H92O14P2. The van der Waals surface area contributed by atoms with Gasteiger partial charge in [-0.25, -0.2) is 9.13 Å². The van der Waals surface area contributed by atoms with Gasteiger partial charge < -0.3 is 34.0 Å². The van der Waals surface area contributed by atoms with Gasteiger partial charge in [0.25, 0.3) is 0 Å². The van der Waals surface area contributed by atoms with E-state index in [0.717, 1.165) is 44.4 Å². The number of allylic oxidation sites excluding steroid dienone is 5. The minimum Gasteiger partial charge on any atom is -0.462 e. The third-order valence-corrected chi connectivity index (χ3v) is 12.8. The predicted molar refractivity (Wildman–Crippen MR) is 262 cm³/mol. The standard InChI is InChI=1S/C50H92O14P2/c1-4-5-30-36-47-48(64-47)37-32-27-23-19-16-17-20-24-28-33-38-49(52)59-42-46(43-62-66(57,58)61-41-45(51)40-60-65(54,55)56)63-50(53)39-34-29-25-21-15-13-11-9-7-6-8-10-12-14-18-22-26-31-35-44(2)3/h16,19-20,24,27,32,44-48,51H,4-15,17-18,21-23,25-26,28-31,33-43H2,1-3H3,(H,57,58)(H2,54,55,56)/b19-16-,24-20-,32-27-/t45-,46+,47?,48?/m0/s1. The first-order valence-electron chi connectivity index (χ1n) is 25.7. The molecule has 1 saturated heterocycles. The van der Waals surface area contributed by atoms with Crippen molar-refractivity contribution in [1.82, 2.24) is 0 Å². The van der Waals surface area contributed by atoms with Gasteiger partial charge >= 0.3 is 27.6 Å². The zero-order chi connectivity index (χ0) is 48.6. The molecule has 1 rings (SSSR count). The van der Waals surface area contributed by atoms with Crippen LogP contribution < -0.4 is 0 Å². The number of epoxide rings is 1. The minimum atomic E-state index is -4.87. The zero-order valence-electron chi connectivity index (χ0n) is 41.2. The Balaban J connectivity index is 2.30. The molecule has 66 heavy (non-hydrogen) atoms. The van der Waals surface area contributed by atoms with Gasteiger partial charge in [0.2, 0.25) is 0 Å². The zero-order valence-corrected chi connectivity index (χ0v) is 42.9. The van der Waals surface area contributed by atoms with Crippen molar-refractivity contribution in [2.24, 2.45) is 5.92 Å². The molecule has 0 spiro atoms. The summed E-state index contributed by atoms with van der Waals surface area (Å²) < 4.78 is 53.7. The molecule has 16 heteroatoms. The number of phosphoric acid groups is 2. The molecule has 14 nitrogen and oxygen atoms in total. The van der Waals surface area contributed by atoms with Crippen LogP contribution in [-0.2, 0) is 46.5 Å². The Morgan fingerprint density at radius 2 is 1.08 bits per heavy atom. The van der Waals surface area contributed by atoms with Crippen LogP contribution in [0.2, 0.25) is 0 Å². The molecule has 4 N–H and O–H groups in total. The van der Waals surface area contributed by atoms with E-state index in [0.29, 0.717) is 31.5 Å². The molecule has 0 aromatic carbocycles. The largest absolute Gasteiger partial charge is 0.472 e. The van der Waals surface area contributed by atoms with E-state index >= 15 is 0 Å². The van der Waals surface area contributed by atoms with Gasteiger partial charge in [0.15, 0.2) is 6.10 Å². The number of unbranched alkanes of at least 4 members (excludes halogenated alkanes) is 20. The quantitative estimate of drug-likeness (QED) is 0.0147. The van der Waals surface area contributed by atoms with Gasteiger partial charge in [-0.2, -0.15) is 0 Å². The number of aliphatic hydroxyl groups is 1. The molecule has 3 unspecified atom stereocenters. The van der Waals surface area contributed by atoms with Crippen LogP contribution in [0.1, 0.15) is 213 Å². The van der Waals surface area contributed by atoms with Crippen LogP contribution in [0.5, 0.6) is 0 Å². The highest BCUT2D eigenvalue weighted by molar-refractivity contribution is 7.47. The summed E-state index contributed by atoms with van der Waals surface area (Å²) >= 11 is 0. The van der Waals surface area contributed by atoms with Gasteiger partial charge in [-0.1, -0.05) is 192 Å². The summed E-state index contributed by atoms with van der Waals surface area (Å²) in [5.41, 5.74) is 0. The van der Waals surface area contributed by atoms with E-state index in [4.69, 9.17) is 33.0 Å². The second-order valence-corrected chi connectivity index (χ2v) is 21.0. The first-order valence-corrected chi connectivity index (χ1v) is 28.7. The predicted octanol–water partition coefficient (Wildman–Crippen LogP) is 12.9. The summed E-state index contributed by atoms with van der Waals surface area (Å²) in [6.07, 6.45) is 43.2. The van der Waals surface area contributed by atoms with Gasteiger partial charge in [0.05, 0.1) is 32.0 Å². The summed E-state index contributed by atoms with van der Waals surface area (Å²) in [7, 11) is -9.70. The third-order valence-electron chi connectivity index (χ3n) is 11.4. The van der Waals surface area contributed by atoms with Crippen LogP contribution >= 0.6 is 15.6 Å². The van der Waals surface area contributed by atoms with E-state index in [2.05, 4.69) is 49.6 Å². The Kier molecular flexibility index (Phi) is 38.8. The van der Waals surface area contributed by atoms with Crippen LogP contribution in [0.3, 0.4) is 0 Å². The summed E-state index contributed by atoms with van der Waals surface area (Å²) in [5, 5.41) is 9.78. The maximum atomic E-state index is 12.7. The number of rotatable bonds is 47. The maximum absolute atomic E-state index is 12.7. The van der Waals surface area contributed by atoms with E-state index in [1.165, 1.54) is 122 Å². The topological polar surface area (TPSA) is 208 Å². The molecule has 0 radical (unpaired) electrons. The fourth-order valence-corrected chi connectivity index (χ4v) is 8.54. The highest BCUT2D eigenvalue weighted by atomic mass is 31.2. The van der Waals surface area contributed by atoms with Gasteiger partial charge in [0.1, 0.15) is 12.7 Å². The van der Waals surface area contributed by atoms with Crippen molar-refractivity contribution in [1.29, 1.82) is 0 Å². The fourth-order valence-electron chi connectivity index (χ4n) is 7.39. The van der Waals surface area contributed by atoms with Crippen molar-refractivity contribution >= 4 is 27.6 Å². The van der Waals surface area contributed by atoms with E-state index in [-0.39, 0.29) is 12.8 Å². The molecule has 0 bridgehead atoms. The lowest BCUT2D eigenvalue weighted by atomic mass is 10.0. The van der Waals surface area contributed by atoms with Crippen LogP contribution in [-0.4, -0.2) is 82.6 Å². The average molecular weight is 979 g/mol. The van der Waals surface area contributed by atoms with Crippen molar-refractivity contribution in [3.8, 4) is 0 Å². The number of carbonyl (C=O) groups excluding carboxylic acids is 2. The fraction of sp³-hybridized carbons (Fsp3) is 0.840. The van der Waals surface area contributed by atoms with E-state index in [9.17, 15) is 28.7 Å². The Hall–Kier alpha value is -1.70. The van der Waals surface area contributed by atoms with Crippen LogP contribution in [0.25, 0.3) is 0 Å². The molecule has 0 saturated carbocycles. The normalized spacial score (nSPS) is 17.3. The lowest BCUT2D eigenvalue weighted by Gasteiger charge is -2.20. The summed E-state index contributed by atoms with van der Waals surface area (Å²) in [4.78, 5) is 52.9. The number of ether oxygens (including phenoxy) is 3. The highest BCUT2D eigenvalue weighted by Crippen LogP contribution is 2.44. The van der Waals surface area contributed by atoms with Crippen molar-refractivity contribution in [2.75, 3.05) is 26.4 Å². The molecule has 1 aliphatic rings. The van der Waals surface area contributed by atoms with Crippen LogP contribution in [0, 0.1) is 5.92 Å². The molecule has 1 heterocycles. The van der Waals surface area contributed by atoms with Gasteiger partial charge in [-0.15, -0.1) is 0 Å². The summed E-state index contributed by atoms with van der Waals surface area (Å²) in [6, 6.07) is 0. The molecule has 0 amide bonds. The van der Waals surface area contributed by atoms with Gasteiger partial charge in [-0.05, 0) is 50.9 Å². The molecule has 1 fully saturated rings. The molecule has 0 aromatic heterocycles. The Morgan fingerprint density at radius 1 is 0.576 bits per heavy atom. The second-order valence-electron chi connectivity index (χ2n) is 18.3. The maximum Gasteiger partial charge on any atom is 0.472 e. The molecule has 5 atom stereocenters. The molecule has 386 valence electrons. The first kappa shape index (κ1) is 62.3. The Bertz CT molecular complexity index is 1380. The number of esters is 2. The second kappa shape index (κ2) is 41.1.